The average Bonchev–Trinajstić information content (AvgIpc) is 2.49. The minimum atomic E-state index is -0.375. The van der Waals surface area contributed by atoms with Gasteiger partial charge < -0.3 is 4.90 Å². The van der Waals surface area contributed by atoms with Crippen molar-refractivity contribution in [3.8, 4) is 0 Å². The summed E-state index contributed by atoms with van der Waals surface area (Å²) in [4.78, 5) is 14.3. The molecular formula is C17H24FNO. The Kier molecular flexibility index (Phi) is 4.46. The van der Waals surface area contributed by atoms with E-state index in [0.29, 0.717) is 11.0 Å². The fourth-order valence-electron chi connectivity index (χ4n) is 3.12. The first-order valence-electron chi connectivity index (χ1n) is 7.57. The van der Waals surface area contributed by atoms with Gasteiger partial charge in [0.05, 0.1) is 5.56 Å². The number of carbonyl (C=O) groups excluding carboxylic acids is 1. The summed E-state index contributed by atoms with van der Waals surface area (Å²) in [5.41, 5.74) is 1.12. The van der Waals surface area contributed by atoms with E-state index in [4.69, 9.17) is 0 Å². The van der Waals surface area contributed by atoms with E-state index in [9.17, 15) is 9.18 Å². The third-order valence-corrected chi connectivity index (χ3v) is 5.03. The summed E-state index contributed by atoms with van der Waals surface area (Å²) in [7, 11) is 0. The first kappa shape index (κ1) is 15.0. The van der Waals surface area contributed by atoms with Crippen molar-refractivity contribution in [3.63, 3.8) is 0 Å². The third-order valence-electron chi connectivity index (χ3n) is 5.03. The molecule has 1 amide bonds. The summed E-state index contributed by atoms with van der Waals surface area (Å²) in [6.07, 6.45) is 4.37. The quantitative estimate of drug-likeness (QED) is 0.811. The lowest BCUT2D eigenvalue weighted by Gasteiger charge is -2.41. The molecule has 0 unspecified atom stereocenters. The molecule has 0 radical (unpaired) electrons. The summed E-state index contributed by atoms with van der Waals surface area (Å²) >= 11 is 0. The monoisotopic (exact) mass is 277 g/mol. The molecule has 2 nitrogen and oxygen atoms in total. The first-order chi connectivity index (χ1) is 9.53. The molecule has 1 aromatic rings. The lowest BCUT2D eigenvalue weighted by molar-refractivity contribution is 0.0553. The smallest absolute Gasteiger partial charge is 0.256 e. The van der Waals surface area contributed by atoms with Crippen molar-refractivity contribution in [1.29, 1.82) is 0 Å². The first-order valence-corrected chi connectivity index (χ1v) is 7.57. The molecule has 3 heteroatoms. The zero-order valence-corrected chi connectivity index (χ0v) is 12.7. The van der Waals surface area contributed by atoms with E-state index < -0.39 is 0 Å². The molecule has 1 aromatic carbocycles. The molecule has 0 aromatic heterocycles. The Morgan fingerprint density at radius 2 is 1.85 bits per heavy atom. The molecule has 0 bridgehead atoms. The Balaban J connectivity index is 2.11. The molecule has 1 heterocycles. The molecule has 1 fully saturated rings. The summed E-state index contributed by atoms with van der Waals surface area (Å²) < 4.78 is 14.0. The maximum atomic E-state index is 14.0. The number of amides is 1. The normalized spacial score (nSPS) is 18.1. The molecule has 110 valence electrons. The molecule has 1 saturated heterocycles. The van der Waals surface area contributed by atoms with Crippen LogP contribution in [0, 0.1) is 18.2 Å². The fourth-order valence-corrected chi connectivity index (χ4v) is 3.12. The predicted molar refractivity (Wildman–Crippen MR) is 79.3 cm³/mol. The highest BCUT2D eigenvalue weighted by atomic mass is 19.1. The zero-order chi connectivity index (χ0) is 14.8. The number of carbonyl (C=O) groups is 1. The number of piperidine rings is 1. The number of nitrogens with zero attached hydrogens (tertiary/aromatic N) is 1. The van der Waals surface area contributed by atoms with Crippen molar-refractivity contribution in [2.24, 2.45) is 5.41 Å². The zero-order valence-electron chi connectivity index (χ0n) is 12.7. The second kappa shape index (κ2) is 5.94. The number of rotatable bonds is 3. The number of likely N-dealkylation sites (tertiary alicyclic amines) is 1. The van der Waals surface area contributed by atoms with E-state index in [2.05, 4.69) is 13.8 Å². The highest BCUT2D eigenvalue weighted by Crippen LogP contribution is 2.38. The Morgan fingerprint density at radius 3 is 2.40 bits per heavy atom. The molecule has 1 aliphatic rings. The van der Waals surface area contributed by atoms with Gasteiger partial charge in [0, 0.05) is 13.1 Å². The topological polar surface area (TPSA) is 20.3 Å². The van der Waals surface area contributed by atoms with Crippen molar-refractivity contribution < 1.29 is 9.18 Å². The van der Waals surface area contributed by atoms with Crippen LogP contribution in [0.5, 0.6) is 0 Å². The van der Waals surface area contributed by atoms with E-state index in [1.807, 2.05) is 0 Å². The van der Waals surface area contributed by atoms with Gasteiger partial charge in [0.1, 0.15) is 5.82 Å². The highest BCUT2D eigenvalue weighted by molar-refractivity contribution is 5.94. The van der Waals surface area contributed by atoms with Gasteiger partial charge in [-0.25, -0.2) is 4.39 Å². The average molecular weight is 277 g/mol. The largest absolute Gasteiger partial charge is 0.339 e. The number of halogens is 1. The standard InChI is InChI=1S/C17H24FNO/c1-4-17(5-2)9-11-19(12-10-17)16(20)14-8-6-7-13(3)15(14)18/h6-8H,4-5,9-12H2,1-3H3. The second-order valence-electron chi connectivity index (χ2n) is 5.94. The van der Waals surface area contributed by atoms with Crippen molar-refractivity contribution in [3.05, 3.63) is 35.1 Å². The Hall–Kier alpha value is -1.38. The molecule has 0 saturated carbocycles. The SMILES string of the molecule is CCC1(CC)CCN(C(=O)c2cccc(C)c2F)CC1. The minimum Gasteiger partial charge on any atom is -0.339 e. The van der Waals surface area contributed by atoms with E-state index >= 15 is 0 Å². The molecule has 20 heavy (non-hydrogen) atoms. The summed E-state index contributed by atoms with van der Waals surface area (Å²) in [5, 5.41) is 0. The van der Waals surface area contributed by atoms with Crippen molar-refractivity contribution >= 4 is 5.91 Å². The van der Waals surface area contributed by atoms with Gasteiger partial charge in [-0.3, -0.25) is 4.79 Å². The van der Waals surface area contributed by atoms with Crippen LogP contribution in [0.1, 0.15) is 55.5 Å². The highest BCUT2D eigenvalue weighted by Gasteiger charge is 2.33. The lowest BCUT2D eigenvalue weighted by atomic mass is 9.74. The van der Waals surface area contributed by atoms with Gasteiger partial charge in [-0.1, -0.05) is 38.8 Å². The molecule has 0 aliphatic carbocycles. The fraction of sp³-hybridized carbons (Fsp3) is 0.588. The minimum absolute atomic E-state index is 0.160. The number of benzene rings is 1. The number of hydrogen-bond acceptors (Lipinski definition) is 1. The van der Waals surface area contributed by atoms with Crippen LogP contribution in [-0.2, 0) is 0 Å². The van der Waals surface area contributed by atoms with Gasteiger partial charge in [-0.05, 0) is 36.8 Å². The molecule has 0 N–H and O–H groups in total. The maximum Gasteiger partial charge on any atom is 0.256 e. The van der Waals surface area contributed by atoms with E-state index in [0.717, 1.165) is 38.8 Å². The molecular weight excluding hydrogens is 253 g/mol. The molecule has 0 spiro atoms. The van der Waals surface area contributed by atoms with Gasteiger partial charge in [0.25, 0.3) is 5.91 Å². The van der Waals surface area contributed by atoms with Crippen LogP contribution in [0.2, 0.25) is 0 Å². The Bertz CT molecular complexity index is 484. The van der Waals surface area contributed by atoms with E-state index in [1.165, 1.54) is 0 Å². The Labute approximate surface area is 121 Å². The van der Waals surface area contributed by atoms with E-state index in [1.54, 1.807) is 30.0 Å². The van der Waals surface area contributed by atoms with Gasteiger partial charge in [-0.2, -0.15) is 0 Å². The van der Waals surface area contributed by atoms with Gasteiger partial charge in [0.15, 0.2) is 0 Å². The van der Waals surface area contributed by atoms with Crippen LogP contribution < -0.4 is 0 Å². The van der Waals surface area contributed by atoms with Crippen LogP contribution in [0.25, 0.3) is 0 Å². The van der Waals surface area contributed by atoms with Gasteiger partial charge in [0.2, 0.25) is 0 Å². The lowest BCUT2D eigenvalue weighted by Crippen LogP contribution is -2.43. The molecule has 0 atom stereocenters. The van der Waals surface area contributed by atoms with Crippen LogP contribution >= 0.6 is 0 Å². The Morgan fingerprint density at radius 1 is 1.25 bits per heavy atom. The number of hydrogen-bond donors (Lipinski definition) is 0. The van der Waals surface area contributed by atoms with Crippen molar-refractivity contribution in [2.45, 2.75) is 46.5 Å². The third kappa shape index (κ3) is 2.72. The molecule has 2 rings (SSSR count). The van der Waals surface area contributed by atoms with Crippen LogP contribution in [0.3, 0.4) is 0 Å². The molecule has 1 aliphatic heterocycles. The summed E-state index contributed by atoms with van der Waals surface area (Å²) in [5.74, 6) is -0.535. The predicted octanol–water partition coefficient (Wildman–Crippen LogP) is 4.18. The van der Waals surface area contributed by atoms with Crippen molar-refractivity contribution in [2.75, 3.05) is 13.1 Å². The number of aryl methyl sites for hydroxylation is 1. The summed E-state index contributed by atoms with van der Waals surface area (Å²) in [6, 6.07) is 5.03. The van der Waals surface area contributed by atoms with Gasteiger partial charge in [-0.15, -0.1) is 0 Å². The van der Waals surface area contributed by atoms with Crippen LogP contribution in [-0.4, -0.2) is 23.9 Å². The summed E-state index contributed by atoms with van der Waals surface area (Å²) in [6.45, 7) is 7.63. The van der Waals surface area contributed by atoms with Crippen molar-refractivity contribution in [1.82, 2.24) is 4.90 Å². The van der Waals surface area contributed by atoms with E-state index in [-0.39, 0.29) is 17.3 Å². The van der Waals surface area contributed by atoms with Crippen LogP contribution in [0.4, 0.5) is 4.39 Å². The second-order valence-corrected chi connectivity index (χ2v) is 5.94. The van der Waals surface area contributed by atoms with Crippen LogP contribution in [0.15, 0.2) is 18.2 Å². The van der Waals surface area contributed by atoms with Gasteiger partial charge >= 0.3 is 0 Å². The maximum absolute atomic E-state index is 14.0.